The first-order valence-corrected chi connectivity index (χ1v) is 7.81. The standard InChI is InChI=1S/C17H19BrO4/c1-19-16-8-4-5-9-17(16)22-13-11-20-10-12-21-15-7-3-2-6-14(15)18/h2-9H,10-13H2,1H3. The zero-order valence-electron chi connectivity index (χ0n) is 12.5. The minimum Gasteiger partial charge on any atom is -0.493 e. The van der Waals surface area contributed by atoms with Crippen molar-refractivity contribution in [3.05, 3.63) is 53.0 Å². The largest absolute Gasteiger partial charge is 0.493 e. The van der Waals surface area contributed by atoms with Gasteiger partial charge in [0, 0.05) is 0 Å². The Morgan fingerprint density at radius 3 is 1.91 bits per heavy atom. The first-order valence-electron chi connectivity index (χ1n) is 7.02. The highest BCUT2D eigenvalue weighted by atomic mass is 79.9. The molecule has 0 bridgehead atoms. The van der Waals surface area contributed by atoms with E-state index in [4.69, 9.17) is 18.9 Å². The van der Waals surface area contributed by atoms with Gasteiger partial charge in [0.15, 0.2) is 11.5 Å². The maximum atomic E-state index is 5.61. The van der Waals surface area contributed by atoms with Crippen LogP contribution in [0.5, 0.6) is 17.2 Å². The van der Waals surface area contributed by atoms with Crippen molar-refractivity contribution in [2.45, 2.75) is 0 Å². The van der Waals surface area contributed by atoms with E-state index < -0.39 is 0 Å². The van der Waals surface area contributed by atoms with E-state index in [0.29, 0.717) is 26.4 Å². The van der Waals surface area contributed by atoms with Gasteiger partial charge in [-0.05, 0) is 40.2 Å². The lowest BCUT2D eigenvalue weighted by molar-refractivity contribution is 0.0755. The molecular weight excluding hydrogens is 348 g/mol. The molecule has 0 heterocycles. The van der Waals surface area contributed by atoms with Gasteiger partial charge in [0.05, 0.1) is 24.8 Å². The second-order valence-corrected chi connectivity index (χ2v) is 5.24. The fourth-order valence-corrected chi connectivity index (χ4v) is 2.22. The Morgan fingerprint density at radius 2 is 1.27 bits per heavy atom. The van der Waals surface area contributed by atoms with Gasteiger partial charge in [-0.2, -0.15) is 0 Å². The van der Waals surface area contributed by atoms with Gasteiger partial charge in [0.2, 0.25) is 0 Å². The summed E-state index contributed by atoms with van der Waals surface area (Å²) in [7, 11) is 1.62. The molecule has 2 aromatic rings. The number of ether oxygens (including phenoxy) is 4. The molecule has 0 fully saturated rings. The maximum absolute atomic E-state index is 5.61. The van der Waals surface area contributed by atoms with Crippen molar-refractivity contribution in [3.63, 3.8) is 0 Å². The van der Waals surface area contributed by atoms with Gasteiger partial charge in [0.25, 0.3) is 0 Å². The van der Waals surface area contributed by atoms with Crippen molar-refractivity contribution in [2.75, 3.05) is 33.5 Å². The molecule has 22 heavy (non-hydrogen) atoms. The van der Waals surface area contributed by atoms with Crippen LogP contribution < -0.4 is 14.2 Å². The van der Waals surface area contributed by atoms with Crippen LogP contribution in [0.1, 0.15) is 0 Å². The van der Waals surface area contributed by atoms with Crippen LogP contribution in [-0.2, 0) is 4.74 Å². The number of rotatable bonds is 9. The molecule has 0 aliphatic rings. The number of benzene rings is 2. The van der Waals surface area contributed by atoms with E-state index in [-0.39, 0.29) is 0 Å². The summed E-state index contributed by atoms with van der Waals surface area (Å²) in [6, 6.07) is 15.3. The lowest BCUT2D eigenvalue weighted by Gasteiger charge is -2.11. The molecule has 0 spiro atoms. The average molecular weight is 367 g/mol. The summed E-state index contributed by atoms with van der Waals surface area (Å²) in [5.74, 6) is 2.26. The van der Waals surface area contributed by atoms with Gasteiger partial charge < -0.3 is 18.9 Å². The van der Waals surface area contributed by atoms with E-state index in [1.54, 1.807) is 7.11 Å². The topological polar surface area (TPSA) is 36.9 Å². The maximum Gasteiger partial charge on any atom is 0.161 e. The van der Waals surface area contributed by atoms with Crippen LogP contribution in [0.15, 0.2) is 53.0 Å². The Kier molecular flexibility index (Phi) is 7.06. The average Bonchev–Trinajstić information content (AvgIpc) is 2.56. The van der Waals surface area contributed by atoms with Crippen LogP contribution in [0.2, 0.25) is 0 Å². The van der Waals surface area contributed by atoms with Gasteiger partial charge in [-0.3, -0.25) is 0 Å². The van der Waals surface area contributed by atoms with Crippen molar-refractivity contribution >= 4 is 15.9 Å². The summed E-state index contributed by atoms with van der Waals surface area (Å²) in [6.45, 7) is 1.97. The monoisotopic (exact) mass is 366 g/mol. The summed E-state index contributed by atoms with van der Waals surface area (Å²) in [6.07, 6.45) is 0. The fraction of sp³-hybridized carbons (Fsp3) is 0.294. The van der Waals surface area contributed by atoms with E-state index in [0.717, 1.165) is 21.7 Å². The Bertz CT molecular complexity index is 574. The van der Waals surface area contributed by atoms with Crippen molar-refractivity contribution in [1.82, 2.24) is 0 Å². The second kappa shape index (κ2) is 9.33. The lowest BCUT2D eigenvalue weighted by atomic mass is 10.3. The Labute approximate surface area is 139 Å². The van der Waals surface area contributed by atoms with E-state index in [2.05, 4.69) is 15.9 Å². The third-order valence-corrected chi connectivity index (χ3v) is 3.53. The van der Waals surface area contributed by atoms with Crippen LogP contribution in [0.3, 0.4) is 0 Å². The molecule has 0 atom stereocenters. The quantitative estimate of drug-likeness (QED) is 0.630. The van der Waals surface area contributed by atoms with Gasteiger partial charge in [-0.15, -0.1) is 0 Å². The van der Waals surface area contributed by atoms with Gasteiger partial charge in [0.1, 0.15) is 19.0 Å². The fourth-order valence-electron chi connectivity index (χ4n) is 1.82. The van der Waals surface area contributed by atoms with Crippen molar-refractivity contribution < 1.29 is 18.9 Å². The van der Waals surface area contributed by atoms with Crippen molar-refractivity contribution in [3.8, 4) is 17.2 Å². The first kappa shape index (κ1) is 16.6. The summed E-state index contributed by atoms with van der Waals surface area (Å²) >= 11 is 3.43. The number of methoxy groups -OCH3 is 1. The van der Waals surface area contributed by atoms with Crippen LogP contribution in [0, 0.1) is 0 Å². The zero-order chi connectivity index (χ0) is 15.6. The smallest absolute Gasteiger partial charge is 0.161 e. The lowest BCUT2D eigenvalue weighted by Crippen LogP contribution is -2.12. The number of halogens is 1. The predicted octanol–water partition coefficient (Wildman–Crippen LogP) is 3.93. The number of hydrogen-bond donors (Lipinski definition) is 0. The van der Waals surface area contributed by atoms with Gasteiger partial charge in [-0.25, -0.2) is 0 Å². The molecule has 0 saturated carbocycles. The van der Waals surface area contributed by atoms with Crippen LogP contribution in [-0.4, -0.2) is 33.5 Å². The molecule has 0 aliphatic heterocycles. The second-order valence-electron chi connectivity index (χ2n) is 4.39. The number of hydrogen-bond acceptors (Lipinski definition) is 4. The van der Waals surface area contributed by atoms with Crippen molar-refractivity contribution in [2.24, 2.45) is 0 Å². The van der Waals surface area contributed by atoms with Crippen LogP contribution >= 0.6 is 15.9 Å². The molecule has 2 aromatic carbocycles. The minimum atomic E-state index is 0.468. The van der Waals surface area contributed by atoms with E-state index >= 15 is 0 Å². The summed E-state index contributed by atoms with van der Waals surface area (Å²) in [5, 5.41) is 0. The van der Waals surface area contributed by atoms with E-state index in [9.17, 15) is 0 Å². The molecule has 0 unspecified atom stereocenters. The molecule has 0 radical (unpaired) electrons. The third kappa shape index (κ3) is 5.24. The molecule has 0 N–H and O–H groups in total. The first-order chi connectivity index (χ1) is 10.8. The highest BCUT2D eigenvalue weighted by Gasteiger charge is 2.02. The minimum absolute atomic E-state index is 0.468. The Morgan fingerprint density at radius 1 is 0.727 bits per heavy atom. The number of para-hydroxylation sites is 3. The van der Waals surface area contributed by atoms with Crippen LogP contribution in [0.25, 0.3) is 0 Å². The zero-order valence-corrected chi connectivity index (χ0v) is 14.0. The SMILES string of the molecule is COc1ccccc1OCCOCCOc1ccccc1Br. The summed E-state index contributed by atoms with van der Waals surface area (Å²) in [4.78, 5) is 0. The van der Waals surface area contributed by atoms with E-state index in [1.165, 1.54) is 0 Å². The molecule has 0 aliphatic carbocycles. The van der Waals surface area contributed by atoms with Gasteiger partial charge >= 0.3 is 0 Å². The molecule has 0 saturated heterocycles. The highest BCUT2D eigenvalue weighted by Crippen LogP contribution is 2.25. The summed E-state index contributed by atoms with van der Waals surface area (Å²) in [5.41, 5.74) is 0. The molecule has 0 amide bonds. The van der Waals surface area contributed by atoms with Crippen LogP contribution in [0.4, 0.5) is 0 Å². The molecule has 118 valence electrons. The molecule has 0 aromatic heterocycles. The molecule has 5 heteroatoms. The predicted molar refractivity (Wildman–Crippen MR) is 88.9 cm³/mol. The molecule has 2 rings (SSSR count). The summed E-state index contributed by atoms with van der Waals surface area (Å²) < 4.78 is 22.9. The molecule has 4 nitrogen and oxygen atoms in total. The van der Waals surface area contributed by atoms with Gasteiger partial charge in [-0.1, -0.05) is 24.3 Å². The Balaban J connectivity index is 1.59. The van der Waals surface area contributed by atoms with Crippen molar-refractivity contribution in [1.29, 1.82) is 0 Å². The highest BCUT2D eigenvalue weighted by molar-refractivity contribution is 9.10. The third-order valence-electron chi connectivity index (χ3n) is 2.88. The normalized spacial score (nSPS) is 10.3. The molecular formula is C17H19BrO4. The Hall–Kier alpha value is -1.72. The van der Waals surface area contributed by atoms with E-state index in [1.807, 2.05) is 48.5 Å².